The average Bonchev–Trinajstić information content (AvgIpc) is 3.23. The second-order valence-electron chi connectivity index (χ2n) is 6.91. The highest BCUT2D eigenvalue weighted by atomic mass is 32.2. The second-order valence-corrected chi connectivity index (χ2v) is 7.89. The molecule has 3 aromatic rings. The minimum absolute atomic E-state index is 0.0524. The average molecular weight is 473 g/mol. The number of rotatable bonds is 9. The number of aryl methyl sites for hydroxylation is 1. The first-order chi connectivity index (χ1) is 15.8. The highest BCUT2D eigenvalue weighted by Crippen LogP contribution is 2.20. The van der Waals surface area contributed by atoms with Crippen molar-refractivity contribution in [3.63, 3.8) is 0 Å². The van der Waals surface area contributed by atoms with E-state index >= 15 is 0 Å². The Kier molecular flexibility index (Phi) is 7.66. The monoisotopic (exact) mass is 473 g/mol. The number of benzene rings is 2. The summed E-state index contributed by atoms with van der Waals surface area (Å²) in [6.07, 6.45) is 2.17. The molecule has 1 unspecified atom stereocenters. The van der Waals surface area contributed by atoms with Crippen LogP contribution >= 0.6 is 11.8 Å². The van der Waals surface area contributed by atoms with Gasteiger partial charge < -0.3 is 10.6 Å². The molecule has 0 fully saturated rings. The lowest BCUT2D eigenvalue weighted by Gasteiger charge is -2.18. The Hall–Kier alpha value is -3.87. The first-order valence-corrected chi connectivity index (χ1v) is 11.1. The van der Waals surface area contributed by atoms with Crippen molar-refractivity contribution in [2.45, 2.75) is 19.4 Å². The van der Waals surface area contributed by atoms with Gasteiger partial charge in [0.2, 0.25) is 5.91 Å². The number of nitro benzene ring substituents is 1. The van der Waals surface area contributed by atoms with Crippen LogP contribution in [0.3, 0.4) is 0 Å². The summed E-state index contributed by atoms with van der Waals surface area (Å²) >= 11 is 1.49. The Morgan fingerprint density at radius 2 is 2.06 bits per heavy atom. The number of nitrogens with zero attached hydrogens (tertiary/aromatic N) is 5. The molecule has 1 atom stereocenters. The third-order valence-corrected chi connectivity index (χ3v) is 5.26. The summed E-state index contributed by atoms with van der Waals surface area (Å²) in [5.74, 6) is -0.787. The highest BCUT2D eigenvalue weighted by molar-refractivity contribution is 7.98. The number of halogens is 1. The Labute approximate surface area is 191 Å². The zero-order valence-corrected chi connectivity index (χ0v) is 18.5. The van der Waals surface area contributed by atoms with E-state index in [1.54, 1.807) is 6.92 Å². The molecule has 1 heterocycles. The molecule has 33 heavy (non-hydrogen) atoms. The Morgan fingerprint density at radius 3 is 2.73 bits per heavy atom. The van der Waals surface area contributed by atoms with Gasteiger partial charge in [0.25, 0.3) is 11.6 Å². The molecule has 1 aromatic heterocycles. The van der Waals surface area contributed by atoms with Gasteiger partial charge >= 0.3 is 0 Å². The summed E-state index contributed by atoms with van der Waals surface area (Å²) in [5, 5.41) is 27.2. The summed E-state index contributed by atoms with van der Waals surface area (Å²) in [6, 6.07) is 8.23. The van der Waals surface area contributed by atoms with Gasteiger partial charge in [-0.05, 0) is 60.0 Å². The number of nitro groups is 1. The summed E-state index contributed by atoms with van der Waals surface area (Å²) < 4.78 is 15.5. The Bertz CT molecular complexity index is 1190. The summed E-state index contributed by atoms with van der Waals surface area (Å²) in [5.41, 5.74) is 0.163. The fourth-order valence-electron chi connectivity index (χ4n) is 2.94. The van der Waals surface area contributed by atoms with Crippen molar-refractivity contribution >= 4 is 35.0 Å². The number of anilines is 1. The van der Waals surface area contributed by atoms with Crippen LogP contribution in [0.2, 0.25) is 0 Å². The molecule has 13 heteroatoms. The number of carbonyl (C=O) groups is 2. The minimum Gasteiger partial charge on any atom is -0.340 e. The lowest BCUT2D eigenvalue weighted by Crippen LogP contribution is -2.44. The van der Waals surface area contributed by atoms with E-state index in [0.717, 1.165) is 6.07 Å². The number of nitrogens with one attached hydrogen (secondary N) is 2. The first-order valence-electron chi connectivity index (χ1n) is 9.70. The van der Waals surface area contributed by atoms with E-state index in [0.29, 0.717) is 18.0 Å². The SMILES string of the molecule is CSCCC(NC(=O)c1cccc([N+](=O)[O-])c1)C(=O)Nc1ccc(F)c(-n2nnnc2C)c1. The van der Waals surface area contributed by atoms with Crippen LogP contribution in [0.15, 0.2) is 42.5 Å². The second kappa shape index (κ2) is 10.6. The summed E-state index contributed by atoms with van der Waals surface area (Å²) in [7, 11) is 0. The van der Waals surface area contributed by atoms with Crippen molar-refractivity contribution in [2.75, 3.05) is 17.3 Å². The van der Waals surface area contributed by atoms with Gasteiger partial charge in [0.1, 0.15) is 17.5 Å². The van der Waals surface area contributed by atoms with Gasteiger partial charge in [-0.1, -0.05) is 6.07 Å². The highest BCUT2D eigenvalue weighted by Gasteiger charge is 2.23. The molecule has 0 saturated carbocycles. The number of hydrogen-bond donors (Lipinski definition) is 2. The predicted octanol–water partition coefficient (Wildman–Crippen LogP) is 2.51. The maximum absolute atomic E-state index is 14.3. The molecule has 0 spiro atoms. The van der Waals surface area contributed by atoms with Crippen LogP contribution in [-0.4, -0.2) is 55.0 Å². The number of thioether (sulfide) groups is 1. The molecule has 0 bridgehead atoms. The van der Waals surface area contributed by atoms with Gasteiger partial charge in [0, 0.05) is 23.4 Å². The van der Waals surface area contributed by atoms with E-state index in [2.05, 4.69) is 26.2 Å². The number of tetrazole rings is 1. The molecule has 0 aliphatic carbocycles. The summed E-state index contributed by atoms with van der Waals surface area (Å²) in [4.78, 5) is 35.9. The van der Waals surface area contributed by atoms with Gasteiger partial charge in [0.05, 0.1) is 4.92 Å². The summed E-state index contributed by atoms with van der Waals surface area (Å²) in [6.45, 7) is 1.60. The Morgan fingerprint density at radius 1 is 1.27 bits per heavy atom. The van der Waals surface area contributed by atoms with E-state index < -0.39 is 28.6 Å². The first kappa shape index (κ1) is 23.8. The van der Waals surface area contributed by atoms with Crippen molar-refractivity contribution in [3.05, 3.63) is 69.8 Å². The molecule has 11 nitrogen and oxygen atoms in total. The molecule has 0 radical (unpaired) electrons. The predicted molar refractivity (Wildman–Crippen MR) is 120 cm³/mol. The van der Waals surface area contributed by atoms with Crippen LogP contribution in [0.1, 0.15) is 22.6 Å². The lowest BCUT2D eigenvalue weighted by atomic mass is 10.1. The van der Waals surface area contributed by atoms with Crippen LogP contribution in [0, 0.1) is 22.9 Å². The normalized spacial score (nSPS) is 11.6. The molecule has 2 N–H and O–H groups in total. The van der Waals surface area contributed by atoms with Crippen LogP contribution in [0.5, 0.6) is 0 Å². The molecule has 3 rings (SSSR count). The Balaban J connectivity index is 1.78. The van der Waals surface area contributed by atoms with E-state index in [9.17, 15) is 24.1 Å². The van der Waals surface area contributed by atoms with Crippen LogP contribution < -0.4 is 10.6 Å². The number of non-ortho nitro benzene ring substituents is 1. The number of aromatic nitrogens is 4. The number of amides is 2. The number of carbonyl (C=O) groups excluding carboxylic acids is 2. The van der Waals surface area contributed by atoms with E-state index in [4.69, 9.17) is 0 Å². The third-order valence-electron chi connectivity index (χ3n) is 4.62. The van der Waals surface area contributed by atoms with Crippen molar-refractivity contribution in [3.8, 4) is 5.69 Å². The quantitative estimate of drug-likeness (QED) is 0.356. The van der Waals surface area contributed by atoms with Crippen LogP contribution in [0.4, 0.5) is 15.8 Å². The fourth-order valence-corrected chi connectivity index (χ4v) is 3.41. The van der Waals surface area contributed by atoms with Gasteiger partial charge in [0.15, 0.2) is 5.82 Å². The van der Waals surface area contributed by atoms with E-state index in [1.165, 1.54) is 52.8 Å². The van der Waals surface area contributed by atoms with Gasteiger partial charge in [-0.25, -0.2) is 4.39 Å². The molecular formula is C20H20FN7O4S. The van der Waals surface area contributed by atoms with Crippen molar-refractivity contribution in [1.82, 2.24) is 25.5 Å². The van der Waals surface area contributed by atoms with E-state index in [-0.39, 0.29) is 22.6 Å². The molecule has 0 aliphatic rings. The maximum atomic E-state index is 14.3. The molecule has 2 amide bonds. The topological polar surface area (TPSA) is 145 Å². The van der Waals surface area contributed by atoms with Gasteiger partial charge in [-0.15, -0.1) is 5.10 Å². The van der Waals surface area contributed by atoms with Crippen LogP contribution in [-0.2, 0) is 4.79 Å². The maximum Gasteiger partial charge on any atom is 0.270 e. The smallest absolute Gasteiger partial charge is 0.270 e. The zero-order valence-electron chi connectivity index (χ0n) is 17.7. The molecule has 2 aromatic carbocycles. The van der Waals surface area contributed by atoms with Crippen molar-refractivity contribution < 1.29 is 18.9 Å². The van der Waals surface area contributed by atoms with E-state index in [1.807, 2.05) is 6.26 Å². The molecule has 0 saturated heterocycles. The van der Waals surface area contributed by atoms with Gasteiger partial charge in [-0.3, -0.25) is 19.7 Å². The van der Waals surface area contributed by atoms with Gasteiger partial charge in [-0.2, -0.15) is 16.4 Å². The lowest BCUT2D eigenvalue weighted by molar-refractivity contribution is -0.384. The molecular weight excluding hydrogens is 453 g/mol. The fraction of sp³-hybridized carbons (Fsp3) is 0.250. The number of hydrogen-bond acceptors (Lipinski definition) is 8. The third kappa shape index (κ3) is 5.88. The molecule has 0 aliphatic heterocycles. The molecule has 172 valence electrons. The van der Waals surface area contributed by atoms with Crippen LogP contribution in [0.25, 0.3) is 5.69 Å². The van der Waals surface area contributed by atoms with Crippen molar-refractivity contribution in [2.24, 2.45) is 0 Å². The van der Waals surface area contributed by atoms with Crippen molar-refractivity contribution in [1.29, 1.82) is 0 Å². The minimum atomic E-state index is -0.924. The standard InChI is InChI=1S/C20H20FN7O4S/c1-12-24-25-26-27(12)18-11-14(6-7-16(18)21)22-20(30)17(8-9-33-2)23-19(29)13-4-3-5-15(10-13)28(31)32/h3-7,10-11,17H,8-9H2,1-2H3,(H,22,30)(H,23,29). The zero-order chi connectivity index (χ0) is 24.0. The largest absolute Gasteiger partial charge is 0.340 e.